The average molecular weight is 382 g/mol. The van der Waals surface area contributed by atoms with Crippen molar-refractivity contribution in [2.24, 2.45) is 0 Å². The van der Waals surface area contributed by atoms with E-state index in [1.807, 2.05) is 18.3 Å². The molecule has 0 saturated carbocycles. The molecule has 2 aromatic rings. The van der Waals surface area contributed by atoms with Crippen molar-refractivity contribution in [3.63, 3.8) is 0 Å². The fraction of sp³-hybridized carbons (Fsp3) is 0.222. The monoisotopic (exact) mass is 381 g/mol. The third-order valence-electron chi connectivity index (χ3n) is 3.72. The Bertz CT molecular complexity index is 781. The molecule has 0 aliphatic carbocycles. The molecule has 2 rings (SSSR count). The lowest BCUT2D eigenvalue weighted by atomic mass is 10.1. The van der Waals surface area contributed by atoms with Gasteiger partial charge in [-0.2, -0.15) is 0 Å². The second kappa shape index (κ2) is 8.85. The molecule has 0 aromatic heterocycles. The van der Waals surface area contributed by atoms with Gasteiger partial charge in [-0.05, 0) is 31.2 Å². The van der Waals surface area contributed by atoms with Crippen LogP contribution in [0.5, 0.6) is 0 Å². The summed E-state index contributed by atoms with van der Waals surface area (Å²) < 4.78 is 4.71. The molecule has 0 aliphatic rings. The molecule has 0 saturated heterocycles. The quantitative estimate of drug-likeness (QED) is 0.755. The van der Waals surface area contributed by atoms with Gasteiger partial charge in [-0.25, -0.2) is 4.79 Å². The number of carbonyl (C=O) groups excluding carboxylic acids is 2. The van der Waals surface area contributed by atoms with E-state index < -0.39 is 5.97 Å². The minimum Gasteiger partial charge on any atom is -0.465 e. The molecule has 132 valence electrons. The van der Waals surface area contributed by atoms with Crippen molar-refractivity contribution in [3.05, 3.63) is 63.6 Å². The summed E-state index contributed by atoms with van der Waals surface area (Å²) >= 11 is 12.1. The Balaban J connectivity index is 1.98. The summed E-state index contributed by atoms with van der Waals surface area (Å²) in [7, 11) is 1.30. The van der Waals surface area contributed by atoms with Gasteiger partial charge in [-0.15, -0.1) is 0 Å². The molecule has 0 fully saturated rings. The van der Waals surface area contributed by atoms with Gasteiger partial charge >= 0.3 is 5.97 Å². The lowest BCUT2D eigenvalue weighted by Gasteiger charge is -2.13. The summed E-state index contributed by atoms with van der Waals surface area (Å²) in [5.74, 6) is -0.727. The molecular weight excluding hydrogens is 363 g/mol. The zero-order valence-corrected chi connectivity index (χ0v) is 15.4. The maximum absolute atomic E-state index is 12.2. The Hall–Kier alpha value is -2.08. The van der Waals surface area contributed by atoms with Crippen LogP contribution in [0.3, 0.4) is 0 Å². The van der Waals surface area contributed by atoms with Crippen molar-refractivity contribution in [1.82, 2.24) is 0 Å². The minimum absolute atomic E-state index is 0.0219. The van der Waals surface area contributed by atoms with E-state index >= 15 is 0 Å². The Morgan fingerprint density at radius 3 is 2.60 bits per heavy atom. The van der Waals surface area contributed by atoms with E-state index in [2.05, 4.69) is 5.32 Å². The van der Waals surface area contributed by atoms with Gasteiger partial charge in [0.1, 0.15) is 6.04 Å². The maximum Gasteiger partial charge on any atom is 0.339 e. The number of nitrogens with two attached hydrogens (primary N) is 1. The van der Waals surface area contributed by atoms with Gasteiger partial charge < -0.3 is 15.4 Å². The lowest BCUT2D eigenvalue weighted by Crippen LogP contribution is -2.86. The first kappa shape index (κ1) is 19.2. The first-order valence-corrected chi connectivity index (χ1v) is 8.43. The number of hydrogen-bond donors (Lipinski definition) is 2. The third-order valence-corrected chi connectivity index (χ3v) is 4.28. The molecular formula is C18H19Cl2N2O3+. The molecule has 2 aromatic carbocycles. The Labute approximate surface area is 156 Å². The van der Waals surface area contributed by atoms with Crippen LogP contribution in [-0.4, -0.2) is 25.5 Å². The van der Waals surface area contributed by atoms with E-state index in [0.29, 0.717) is 21.3 Å². The number of amides is 1. The van der Waals surface area contributed by atoms with Crippen LogP contribution in [-0.2, 0) is 9.53 Å². The standard InChI is InChI=1S/C18H18Cl2N2O3/c1-11(13-8-7-12(19)9-15(13)20)21-10-17(23)22-16-6-4-3-5-14(16)18(24)25-2/h3-9,11,21H,10H2,1-2H3,(H,22,23)/p+1/t11-/m1/s1. The van der Waals surface area contributed by atoms with E-state index in [9.17, 15) is 9.59 Å². The highest BCUT2D eigenvalue weighted by molar-refractivity contribution is 6.35. The van der Waals surface area contributed by atoms with Crippen LogP contribution in [0, 0.1) is 0 Å². The average Bonchev–Trinajstić information content (AvgIpc) is 2.59. The highest BCUT2D eigenvalue weighted by Gasteiger charge is 2.17. The smallest absolute Gasteiger partial charge is 0.339 e. The molecule has 0 radical (unpaired) electrons. The van der Waals surface area contributed by atoms with E-state index in [4.69, 9.17) is 27.9 Å². The summed E-state index contributed by atoms with van der Waals surface area (Å²) in [5, 5.41) is 5.71. The normalized spacial score (nSPS) is 11.7. The van der Waals surface area contributed by atoms with Crippen molar-refractivity contribution in [2.45, 2.75) is 13.0 Å². The van der Waals surface area contributed by atoms with Crippen LogP contribution in [0.4, 0.5) is 5.69 Å². The highest BCUT2D eigenvalue weighted by Crippen LogP contribution is 2.24. The summed E-state index contributed by atoms with van der Waals surface area (Å²) in [6.07, 6.45) is 0. The van der Waals surface area contributed by atoms with Crippen molar-refractivity contribution < 1.29 is 19.6 Å². The van der Waals surface area contributed by atoms with Gasteiger partial charge in [0.25, 0.3) is 5.91 Å². The van der Waals surface area contributed by atoms with Crippen LogP contribution < -0.4 is 10.6 Å². The molecule has 3 N–H and O–H groups in total. The Kier molecular flexibility index (Phi) is 6.82. The van der Waals surface area contributed by atoms with Crippen molar-refractivity contribution in [3.8, 4) is 0 Å². The van der Waals surface area contributed by atoms with Crippen LogP contribution in [0.15, 0.2) is 42.5 Å². The largest absolute Gasteiger partial charge is 0.465 e. The van der Waals surface area contributed by atoms with Crippen LogP contribution in [0.1, 0.15) is 28.9 Å². The topological polar surface area (TPSA) is 72.0 Å². The number of quaternary nitrogens is 1. The minimum atomic E-state index is -0.499. The van der Waals surface area contributed by atoms with E-state index in [-0.39, 0.29) is 18.5 Å². The number of benzene rings is 2. The highest BCUT2D eigenvalue weighted by atomic mass is 35.5. The third kappa shape index (κ3) is 5.19. The van der Waals surface area contributed by atoms with E-state index in [0.717, 1.165) is 5.56 Å². The van der Waals surface area contributed by atoms with Gasteiger partial charge in [0.2, 0.25) is 0 Å². The van der Waals surface area contributed by atoms with Gasteiger partial charge in [-0.3, -0.25) is 4.79 Å². The fourth-order valence-corrected chi connectivity index (χ4v) is 2.94. The zero-order valence-electron chi connectivity index (χ0n) is 13.9. The molecule has 5 nitrogen and oxygen atoms in total. The fourth-order valence-electron chi connectivity index (χ4n) is 2.36. The Morgan fingerprint density at radius 1 is 1.20 bits per heavy atom. The molecule has 0 spiro atoms. The molecule has 7 heteroatoms. The number of esters is 1. The van der Waals surface area contributed by atoms with E-state index in [1.54, 1.807) is 36.4 Å². The number of ether oxygens (including phenoxy) is 1. The first-order chi connectivity index (χ1) is 11.9. The number of methoxy groups -OCH3 is 1. The summed E-state index contributed by atoms with van der Waals surface area (Å²) in [6, 6.07) is 12.0. The second-order valence-corrected chi connectivity index (χ2v) is 6.32. The SMILES string of the molecule is COC(=O)c1ccccc1NC(=O)C[NH2+][C@H](C)c1ccc(Cl)cc1Cl. The molecule has 0 aliphatic heterocycles. The van der Waals surface area contributed by atoms with Gasteiger partial charge in [0.05, 0.1) is 23.4 Å². The predicted molar refractivity (Wildman–Crippen MR) is 98.1 cm³/mol. The van der Waals surface area contributed by atoms with E-state index in [1.165, 1.54) is 7.11 Å². The summed E-state index contributed by atoms with van der Waals surface area (Å²) in [6.45, 7) is 2.13. The number of para-hydroxylation sites is 1. The number of carbonyl (C=O) groups is 2. The van der Waals surface area contributed by atoms with Gasteiger partial charge in [0, 0.05) is 10.6 Å². The lowest BCUT2D eigenvalue weighted by molar-refractivity contribution is -0.682. The van der Waals surface area contributed by atoms with Gasteiger partial charge in [-0.1, -0.05) is 41.4 Å². The van der Waals surface area contributed by atoms with Crippen molar-refractivity contribution >= 4 is 40.8 Å². The summed E-state index contributed by atoms with van der Waals surface area (Å²) in [5.41, 5.74) is 1.63. The van der Waals surface area contributed by atoms with Crippen molar-refractivity contribution in [2.75, 3.05) is 19.0 Å². The maximum atomic E-state index is 12.2. The molecule has 0 bridgehead atoms. The first-order valence-electron chi connectivity index (χ1n) is 7.68. The number of halogens is 2. The van der Waals surface area contributed by atoms with Crippen LogP contribution in [0.25, 0.3) is 0 Å². The molecule has 0 unspecified atom stereocenters. The molecule has 25 heavy (non-hydrogen) atoms. The number of anilines is 1. The van der Waals surface area contributed by atoms with Crippen LogP contribution in [0.2, 0.25) is 10.0 Å². The van der Waals surface area contributed by atoms with Gasteiger partial charge in [0.15, 0.2) is 6.54 Å². The molecule has 0 heterocycles. The predicted octanol–water partition coefficient (Wildman–Crippen LogP) is 3.04. The zero-order chi connectivity index (χ0) is 18.4. The van der Waals surface area contributed by atoms with Crippen molar-refractivity contribution in [1.29, 1.82) is 0 Å². The molecule has 1 atom stereocenters. The molecule has 1 amide bonds. The number of hydrogen-bond acceptors (Lipinski definition) is 3. The van der Waals surface area contributed by atoms with Crippen LogP contribution >= 0.6 is 23.2 Å². The summed E-state index contributed by atoms with van der Waals surface area (Å²) in [4.78, 5) is 23.9. The Morgan fingerprint density at radius 2 is 1.92 bits per heavy atom. The second-order valence-electron chi connectivity index (χ2n) is 5.48. The number of rotatable bonds is 6. The number of nitrogens with one attached hydrogen (secondary N) is 1.